The van der Waals surface area contributed by atoms with Gasteiger partial charge in [0.15, 0.2) is 5.11 Å². The summed E-state index contributed by atoms with van der Waals surface area (Å²) in [7, 11) is 0. The maximum absolute atomic E-state index is 12.4. The van der Waals surface area contributed by atoms with Crippen LogP contribution in [0.4, 0.5) is 5.69 Å². The number of imidazole rings is 1. The average Bonchev–Trinajstić information content (AvgIpc) is 3.12. The zero-order valence-electron chi connectivity index (χ0n) is 15.5. The SMILES string of the molecule is Cc1ccc(C(=O)NC(=S)Nc2ccc(-c3nc4ccccc4[nH]3)cc2)c(Cl)c1. The molecule has 0 unspecified atom stereocenters. The number of halogens is 1. The first-order chi connectivity index (χ1) is 14.0. The Hall–Kier alpha value is -3.22. The summed E-state index contributed by atoms with van der Waals surface area (Å²) in [4.78, 5) is 20.3. The number of carbonyl (C=O) groups excluding carboxylic acids is 1. The molecule has 0 saturated carbocycles. The highest BCUT2D eigenvalue weighted by Crippen LogP contribution is 2.22. The minimum atomic E-state index is -0.355. The Labute approximate surface area is 178 Å². The molecule has 3 aromatic carbocycles. The van der Waals surface area contributed by atoms with Crippen molar-refractivity contribution in [3.63, 3.8) is 0 Å². The molecule has 1 amide bonds. The van der Waals surface area contributed by atoms with E-state index in [1.165, 1.54) is 0 Å². The van der Waals surface area contributed by atoms with Gasteiger partial charge in [-0.05, 0) is 73.2 Å². The van der Waals surface area contributed by atoms with Crippen LogP contribution in [0.2, 0.25) is 5.02 Å². The maximum Gasteiger partial charge on any atom is 0.258 e. The smallest absolute Gasteiger partial charge is 0.258 e. The summed E-state index contributed by atoms with van der Waals surface area (Å²) in [6.45, 7) is 1.91. The van der Waals surface area contributed by atoms with Gasteiger partial charge in [-0.15, -0.1) is 0 Å². The molecule has 0 spiro atoms. The van der Waals surface area contributed by atoms with Crippen LogP contribution in [0.25, 0.3) is 22.4 Å². The van der Waals surface area contributed by atoms with Gasteiger partial charge >= 0.3 is 0 Å². The molecule has 0 aliphatic rings. The van der Waals surface area contributed by atoms with Crippen LogP contribution in [0, 0.1) is 6.92 Å². The minimum Gasteiger partial charge on any atom is -0.338 e. The highest BCUT2D eigenvalue weighted by molar-refractivity contribution is 7.80. The standard InChI is InChI=1S/C22H17ClN4OS/c1-13-6-11-16(17(23)12-13)21(28)27-22(29)24-15-9-7-14(8-10-15)20-25-18-4-2-3-5-19(18)26-20/h2-12H,1H3,(H,25,26)(H2,24,27,28,29). The molecule has 0 saturated heterocycles. The minimum absolute atomic E-state index is 0.197. The van der Waals surface area contributed by atoms with Gasteiger partial charge in [0.1, 0.15) is 5.82 Å². The fourth-order valence-corrected chi connectivity index (χ4v) is 3.47. The van der Waals surface area contributed by atoms with Crippen molar-refractivity contribution in [1.82, 2.24) is 15.3 Å². The third-order valence-corrected chi connectivity index (χ3v) is 4.92. The Balaban J connectivity index is 1.43. The van der Waals surface area contributed by atoms with Crippen molar-refractivity contribution >= 4 is 51.6 Å². The lowest BCUT2D eigenvalue weighted by molar-refractivity contribution is 0.0978. The molecule has 0 atom stereocenters. The van der Waals surface area contributed by atoms with Crippen LogP contribution in [0.15, 0.2) is 66.7 Å². The van der Waals surface area contributed by atoms with Gasteiger partial charge in [0.05, 0.1) is 21.6 Å². The molecule has 29 heavy (non-hydrogen) atoms. The zero-order valence-corrected chi connectivity index (χ0v) is 17.1. The number of para-hydroxylation sites is 2. The first kappa shape index (κ1) is 19.1. The Kier molecular flexibility index (Phi) is 5.29. The van der Waals surface area contributed by atoms with Gasteiger partial charge in [-0.1, -0.05) is 29.8 Å². The lowest BCUT2D eigenvalue weighted by Gasteiger charge is -2.11. The van der Waals surface area contributed by atoms with Crippen LogP contribution >= 0.6 is 23.8 Å². The largest absolute Gasteiger partial charge is 0.338 e. The first-order valence-corrected chi connectivity index (χ1v) is 9.72. The van der Waals surface area contributed by atoms with E-state index < -0.39 is 0 Å². The second-order valence-corrected chi connectivity index (χ2v) is 7.39. The number of anilines is 1. The number of amides is 1. The quantitative estimate of drug-likeness (QED) is 0.392. The summed E-state index contributed by atoms with van der Waals surface area (Å²) < 4.78 is 0. The predicted molar refractivity (Wildman–Crippen MR) is 121 cm³/mol. The number of rotatable bonds is 3. The molecule has 0 radical (unpaired) electrons. The van der Waals surface area contributed by atoms with E-state index in [-0.39, 0.29) is 11.0 Å². The molecule has 144 valence electrons. The summed E-state index contributed by atoms with van der Waals surface area (Å²) in [5.74, 6) is 0.439. The van der Waals surface area contributed by atoms with E-state index in [1.54, 1.807) is 12.1 Å². The lowest BCUT2D eigenvalue weighted by atomic mass is 10.1. The highest BCUT2D eigenvalue weighted by atomic mass is 35.5. The van der Waals surface area contributed by atoms with Crippen molar-refractivity contribution in [2.75, 3.05) is 5.32 Å². The summed E-state index contributed by atoms with van der Waals surface area (Å²) in [5, 5.41) is 6.24. The van der Waals surface area contributed by atoms with Gasteiger partial charge in [-0.3, -0.25) is 10.1 Å². The Morgan fingerprint density at radius 3 is 2.55 bits per heavy atom. The Bertz CT molecular complexity index is 1180. The number of hydrogen-bond acceptors (Lipinski definition) is 3. The lowest BCUT2D eigenvalue weighted by Crippen LogP contribution is -2.34. The zero-order chi connectivity index (χ0) is 20.4. The van der Waals surface area contributed by atoms with Crippen LogP contribution in [0.5, 0.6) is 0 Å². The second kappa shape index (κ2) is 8.03. The second-order valence-electron chi connectivity index (χ2n) is 6.57. The molecule has 0 aliphatic heterocycles. The number of aromatic nitrogens is 2. The molecule has 1 heterocycles. The molecule has 4 rings (SSSR count). The van der Waals surface area contributed by atoms with Gasteiger partial charge in [-0.2, -0.15) is 0 Å². The van der Waals surface area contributed by atoms with Gasteiger partial charge < -0.3 is 10.3 Å². The number of aryl methyl sites for hydroxylation is 1. The molecule has 3 N–H and O–H groups in total. The van der Waals surface area contributed by atoms with Crippen molar-refractivity contribution in [3.05, 3.63) is 82.9 Å². The fourth-order valence-electron chi connectivity index (χ4n) is 2.94. The van der Waals surface area contributed by atoms with Gasteiger partial charge in [0.2, 0.25) is 0 Å². The number of fused-ring (bicyclic) bond motifs is 1. The average molecular weight is 421 g/mol. The molecule has 0 fully saturated rings. The number of nitrogens with one attached hydrogen (secondary N) is 3. The summed E-state index contributed by atoms with van der Waals surface area (Å²) in [5.41, 5.74) is 4.98. The number of H-pyrrole nitrogens is 1. The molecule has 0 aliphatic carbocycles. The molecule has 1 aromatic heterocycles. The molecular weight excluding hydrogens is 404 g/mol. The third kappa shape index (κ3) is 4.29. The number of benzene rings is 3. The summed E-state index contributed by atoms with van der Waals surface area (Å²) in [6.07, 6.45) is 0. The number of carbonyl (C=O) groups is 1. The first-order valence-electron chi connectivity index (χ1n) is 8.93. The van der Waals surface area contributed by atoms with E-state index in [0.29, 0.717) is 10.6 Å². The van der Waals surface area contributed by atoms with Crippen molar-refractivity contribution < 1.29 is 4.79 Å². The van der Waals surface area contributed by atoms with Gasteiger partial charge in [-0.25, -0.2) is 4.98 Å². The summed E-state index contributed by atoms with van der Waals surface area (Å²) >= 11 is 11.4. The Morgan fingerprint density at radius 2 is 1.83 bits per heavy atom. The van der Waals surface area contributed by atoms with Crippen LogP contribution in [-0.4, -0.2) is 21.0 Å². The van der Waals surface area contributed by atoms with Crippen LogP contribution in [0.3, 0.4) is 0 Å². The molecular formula is C22H17ClN4OS. The molecule has 7 heteroatoms. The Morgan fingerprint density at radius 1 is 1.07 bits per heavy atom. The van der Waals surface area contributed by atoms with Crippen molar-refractivity contribution in [2.24, 2.45) is 0 Å². The van der Waals surface area contributed by atoms with Crippen LogP contribution in [-0.2, 0) is 0 Å². The summed E-state index contributed by atoms with van der Waals surface area (Å²) in [6, 6.07) is 20.7. The highest BCUT2D eigenvalue weighted by Gasteiger charge is 2.12. The van der Waals surface area contributed by atoms with Crippen LogP contribution < -0.4 is 10.6 Å². The normalized spacial score (nSPS) is 10.7. The van der Waals surface area contributed by atoms with E-state index >= 15 is 0 Å². The number of nitrogens with zero attached hydrogens (tertiary/aromatic N) is 1. The molecule has 0 bridgehead atoms. The van der Waals surface area contributed by atoms with Crippen molar-refractivity contribution in [2.45, 2.75) is 6.92 Å². The number of hydrogen-bond donors (Lipinski definition) is 3. The van der Waals surface area contributed by atoms with Crippen molar-refractivity contribution in [1.29, 1.82) is 0 Å². The van der Waals surface area contributed by atoms with Crippen molar-refractivity contribution in [3.8, 4) is 11.4 Å². The van der Waals surface area contributed by atoms with E-state index in [4.69, 9.17) is 23.8 Å². The van der Waals surface area contributed by atoms with E-state index in [2.05, 4.69) is 20.6 Å². The van der Waals surface area contributed by atoms with E-state index in [9.17, 15) is 4.79 Å². The number of thiocarbonyl (C=S) groups is 1. The third-order valence-electron chi connectivity index (χ3n) is 4.40. The maximum atomic E-state index is 12.4. The van der Waals surface area contributed by atoms with Crippen LogP contribution in [0.1, 0.15) is 15.9 Å². The van der Waals surface area contributed by atoms with Gasteiger partial charge in [0.25, 0.3) is 5.91 Å². The predicted octanol–water partition coefficient (Wildman–Crippen LogP) is 5.32. The topological polar surface area (TPSA) is 69.8 Å². The molecule has 4 aromatic rings. The number of aromatic amines is 1. The van der Waals surface area contributed by atoms with Gasteiger partial charge in [0, 0.05) is 11.3 Å². The molecule has 5 nitrogen and oxygen atoms in total. The van der Waals surface area contributed by atoms with E-state index in [0.717, 1.165) is 33.7 Å². The monoisotopic (exact) mass is 420 g/mol. The van der Waals surface area contributed by atoms with E-state index in [1.807, 2.05) is 61.5 Å². The fraction of sp³-hybridized carbons (Fsp3) is 0.0455.